The Kier molecular flexibility index (Phi) is 6.36. The number of aryl methyl sites for hydroxylation is 2. The molecule has 2 aromatic carbocycles. The zero-order chi connectivity index (χ0) is 16.7. The molecule has 0 radical (unpaired) electrons. The molecule has 122 valence electrons. The molecule has 3 heteroatoms. The van der Waals surface area contributed by atoms with Crippen LogP contribution in [-0.2, 0) is 0 Å². The Bertz CT molecular complexity index is 617. The zero-order valence-corrected chi connectivity index (χ0v) is 13.9. The van der Waals surface area contributed by atoms with Gasteiger partial charge in [0.05, 0.1) is 0 Å². The van der Waals surface area contributed by atoms with E-state index in [1.165, 1.54) is 5.56 Å². The topological polar surface area (TPSA) is 49.3 Å². The van der Waals surface area contributed by atoms with Crippen LogP contribution in [0.15, 0.2) is 48.5 Å². The Morgan fingerprint density at radius 1 is 1.04 bits per heavy atom. The molecule has 0 aliphatic carbocycles. The summed E-state index contributed by atoms with van der Waals surface area (Å²) in [5, 5.41) is 12.2. The van der Waals surface area contributed by atoms with Crippen LogP contribution in [0.5, 0.6) is 0 Å². The van der Waals surface area contributed by atoms with Crippen LogP contribution < -0.4 is 5.32 Å². The van der Waals surface area contributed by atoms with Gasteiger partial charge in [-0.3, -0.25) is 4.79 Å². The zero-order valence-electron chi connectivity index (χ0n) is 13.9. The van der Waals surface area contributed by atoms with Crippen LogP contribution in [0.2, 0.25) is 0 Å². The van der Waals surface area contributed by atoms with Crippen LogP contribution in [0.25, 0.3) is 0 Å². The molecule has 0 fully saturated rings. The molecule has 0 aliphatic heterocycles. The Labute approximate surface area is 138 Å². The van der Waals surface area contributed by atoms with E-state index in [1.54, 1.807) is 0 Å². The van der Waals surface area contributed by atoms with Gasteiger partial charge in [-0.1, -0.05) is 47.5 Å². The number of nitrogens with one attached hydrogen (secondary N) is 1. The fraction of sp³-hybridized carbons (Fsp3) is 0.350. The first-order chi connectivity index (χ1) is 11.1. The second-order valence-corrected chi connectivity index (χ2v) is 6.04. The number of carbonyl (C=O) groups is 1. The van der Waals surface area contributed by atoms with Gasteiger partial charge in [0.25, 0.3) is 5.91 Å². The number of aliphatic hydroxyl groups is 1. The van der Waals surface area contributed by atoms with Crippen LogP contribution in [0.4, 0.5) is 0 Å². The minimum Gasteiger partial charge on any atom is -0.396 e. The molecule has 0 bridgehead atoms. The largest absolute Gasteiger partial charge is 0.396 e. The lowest BCUT2D eigenvalue weighted by Gasteiger charge is -2.16. The van der Waals surface area contributed by atoms with Gasteiger partial charge in [-0.2, -0.15) is 0 Å². The molecule has 0 spiro atoms. The van der Waals surface area contributed by atoms with Crippen molar-refractivity contribution in [1.82, 2.24) is 5.32 Å². The van der Waals surface area contributed by atoms with Crippen molar-refractivity contribution in [2.24, 2.45) is 0 Å². The van der Waals surface area contributed by atoms with Crippen LogP contribution in [0, 0.1) is 13.8 Å². The summed E-state index contributed by atoms with van der Waals surface area (Å²) in [7, 11) is 0. The number of rotatable bonds is 7. The van der Waals surface area contributed by atoms with Crippen LogP contribution in [0.1, 0.15) is 45.8 Å². The van der Waals surface area contributed by atoms with E-state index in [2.05, 4.69) is 23.5 Å². The fourth-order valence-electron chi connectivity index (χ4n) is 2.93. The highest BCUT2D eigenvalue weighted by molar-refractivity contribution is 5.94. The summed E-state index contributed by atoms with van der Waals surface area (Å²) in [6, 6.07) is 16.0. The van der Waals surface area contributed by atoms with E-state index in [1.807, 2.05) is 44.2 Å². The van der Waals surface area contributed by atoms with Crippen molar-refractivity contribution in [3.63, 3.8) is 0 Å². The maximum Gasteiger partial charge on any atom is 0.251 e. The van der Waals surface area contributed by atoms with Gasteiger partial charge >= 0.3 is 0 Å². The standard InChI is InChI=1S/C20H25NO2/c1-15-12-16(2)14-19(13-15)20(23)21-10-8-18(9-11-22)17-6-4-3-5-7-17/h3-7,12-14,18,22H,8-11H2,1-2H3,(H,21,23). The lowest BCUT2D eigenvalue weighted by atomic mass is 9.93. The Hall–Kier alpha value is -2.13. The van der Waals surface area contributed by atoms with Crippen molar-refractivity contribution < 1.29 is 9.90 Å². The number of carbonyl (C=O) groups excluding carboxylic acids is 1. The highest BCUT2D eigenvalue weighted by Crippen LogP contribution is 2.22. The molecular formula is C20H25NO2. The van der Waals surface area contributed by atoms with Gasteiger partial charge < -0.3 is 10.4 Å². The van der Waals surface area contributed by atoms with E-state index < -0.39 is 0 Å². The quantitative estimate of drug-likeness (QED) is 0.821. The molecule has 0 heterocycles. The lowest BCUT2D eigenvalue weighted by molar-refractivity contribution is 0.0952. The third-order valence-electron chi connectivity index (χ3n) is 4.01. The Balaban J connectivity index is 1.93. The molecular weight excluding hydrogens is 286 g/mol. The minimum atomic E-state index is -0.0346. The van der Waals surface area contributed by atoms with Crippen molar-refractivity contribution >= 4 is 5.91 Å². The summed E-state index contributed by atoms with van der Waals surface area (Å²) in [5.41, 5.74) is 4.11. The molecule has 23 heavy (non-hydrogen) atoms. The van der Waals surface area contributed by atoms with Gasteiger partial charge in [0.2, 0.25) is 0 Å². The summed E-state index contributed by atoms with van der Waals surface area (Å²) >= 11 is 0. The molecule has 1 atom stereocenters. The van der Waals surface area contributed by atoms with Crippen LogP contribution in [-0.4, -0.2) is 24.2 Å². The van der Waals surface area contributed by atoms with Gasteiger partial charge in [-0.15, -0.1) is 0 Å². The Morgan fingerprint density at radius 3 is 2.30 bits per heavy atom. The molecule has 0 saturated carbocycles. The van der Waals surface area contributed by atoms with Crippen molar-refractivity contribution in [3.05, 3.63) is 70.8 Å². The third-order valence-corrected chi connectivity index (χ3v) is 4.01. The number of amides is 1. The van der Waals surface area contributed by atoms with E-state index in [9.17, 15) is 9.90 Å². The average molecular weight is 311 g/mol. The summed E-state index contributed by atoms with van der Waals surface area (Å²) in [5.74, 6) is 0.230. The smallest absolute Gasteiger partial charge is 0.251 e. The first-order valence-corrected chi connectivity index (χ1v) is 8.12. The van der Waals surface area contributed by atoms with Crippen molar-refractivity contribution in [2.75, 3.05) is 13.2 Å². The van der Waals surface area contributed by atoms with Gasteiger partial charge in [-0.25, -0.2) is 0 Å². The van der Waals surface area contributed by atoms with Crippen LogP contribution >= 0.6 is 0 Å². The Morgan fingerprint density at radius 2 is 1.70 bits per heavy atom. The molecule has 2 rings (SSSR count). The maximum atomic E-state index is 12.3. The highest BCUT2D eigenvalue weighted by atomic mass is 16.3. The third kappa shape index (κ3) is 5.22. The fourth-order valence-corrected chi connectivity index (χ4v) is 2.93. The molecule has 1 unspecified atom stereocenters. The van der Waals surface area contributed by atoms with Crippen molar-refractivity contribution in [2.45, 2.75) is 32.6 Å². The van der Waals surface area contributed by atoms with E-state index >= 15 is 0 Å². The van der Waals surface area contributed by atoms with E-state index in [0.717, 1.165) is 17.5 Å². The monoisotopic (exact) mass is 311 g/mol. The van der Waals surface area contributed by atoms with Gasteiger partial charge in [0.15, 0.2) is 0 Å². The van der Waals surface area contributed by atoms with E-state index in [4.69, 9.17) is 0 Å². The summed E-state index contributed by atoms with van der Waals surface area (Å²) in [6.07, 6.45) is 1.53. The van der Waals surface area contributed by atoms with Gasteiger partial charge in [0.1, 0.15) is 0 Å². The SMILES string of the molecule is Cc1cc(C)cc(C(=O)NCCC(CCO)c2ccccc2)c1. The van der Waals surface area contributed by atoms with E-state index in [-0.39, 0.29) is 18.4 Å². The molecule has 0 aliphatic rings. The summed E-state index contributed by atoms with van der Waals surface area (Å²) in [6.45, 7) is 4.75. The molecule has 0 aromatic heterocycles. The number of hydrogen-bond donors (Lipinski definition) is 2. The molecule has 1 amide bonds. The highest BCUT2D eigenvalue weighted by Gasteiger charge is 2.12. The molecule has 3 nitrogen and oxygen atoms in total. The minimum absolute atomic E-state index is 0.0346. The van der Waals surface area contributed by atoms with Crippen LogP contribution in [0.3, 0.4) is 0 Å². The number of hydrogen-bond acceptors (Lipinski definition) is 2. The van der Waals surface area contributed by atoms with Crippen molar-refractivity contribution in [1.29, 1.82) is 0 Å². The van der Waals surface area contributed by atoms with Crippen molar-refractivity contribution in [3.8, 4) is 0 Å². The summed E-state index contributed by atoms with van der Waals surface area (Å²) in [4.78, 5) is 12.3. The van der Waals surface area contributed by atoms with Gasteiger partial charge in [-0.05, 0) is 50.3 Å². The average Bonchev–Trinajstić information content (AvgIpc) is 2.54. The predicted octanol–water partition coefficient (Wildman–Crippen LogP) is 3.59. The second kappa shape index (κ2) is 8.49. The molecule has 2 N–H and O–H groups in total. The maximum absolute atomic E-state index is 12.3. The first-order valence-electron chi connectivity index (χ1n) is 8.12. The summed E-state index contributed by atoms with van der Waals surface area (Å²) < 4.78 is 0. The lowest BCUT2D eigenvalue weighted by Crippen LogP contribution is -2.26. The number of benzene rings is 2. The predicted molar refractivity (Wildman–Crippen MR) is 93.8 cm³/mol. The van der Waals surface area contributed by atoms with E-state index in [0.29, 0.717) is 18.5 Å². The first kappa shape index (κ1) is 17.2. The molecule has 0 saturated heterocycles. The number of aliphatic hydroxyl groups excluding tert-OH is 1. The molecule has 2 aromatic rings. The second-order valence-electron chi connectivity index (χ2n) is 6.04. The normalized spacial score (nSPS) is 12.0. The van der Waals surface area contributed by atoms with Gasteiger partial charge in [0, 0.05) is 18.7 Å².